The van der Waals surface area contributed by atoms with Crippen LogP contribution in [-0.2, 0) is 28.2 Å². The van der Waals surface area contributed by atoms with Gasteiger partial charge in [0.05, 0.1) is 8.07 Å². The van der Waals surface area contributed by atoms with Gasteiger partial charge in [-0.1, -0.05) is 258 Å². The molecule has 0 bridgehead atoms. The van der Waals surface area contributed by atoms with Crippen molar-refractivity contribution in [2.45, 2.75) is 170 Å². The lowest BCUT2D eigenvalue weighted by Crippen LogP contribution is -2.37. The molecule has 124 heavy (non-hydrogen) atoms. The van der Waals surface area contributed by atoms with E-state index in [-0.39, 0.29) is 5.82 Å². The Hall–Kier alpha value is -11.6. The minimum absolute atomic E-state index is 0.290. The first kappa shape index (κ1) is 68.8. The summed E-state index contributed by atoms with van der Waals surface area (Å²) in [5, 5.41) is 9.79. The topological polar surface area (TPSA) is 15.5 Å². The number of hydrogen-bond donors (Lipinski definition) is 0. The van der Waals surface area contributed by atoms with Crippen molar-refractivity contribution in [3.8, 4) is 89.5 Å². The second-order valence-corrected chi connectivity index (χ2v) is 42.0. The van der Waals surface area contributed by atoms with Gasteiger partial charge in [0.25, 0.3) is 0 Å². The Morgan fingerprint density at radius 1 is 0.282 bits per heavy atom. The van der Waals surface area contributed by atoms with E-state index in [2.05, 4.69) is 174 Å². The summed E-state index contributed by atoms with van der Waals surface area (Å²) in [6.45, 7) is 6.42. The van der Waals surface area contributed by atoms with Gasteiger partial charge in [-0.05, 0) is 304 Å². The normalized spacial score (nSPS) is 20.7. The van der Waals surface area contributed by atoms with Crippen molar-refractivity contribution in [3.63, 3.8) is 0 Å². The van der Waals surface area contributed by atoms with Crippen LogP contribution in [0, 0.1) is 84.6 Å². The zero-order valence-electron chi connectivity index (χ0n) is 87.9. The summed E-state index contributed by atoms with van der Waals surface area (Å²) in [6.07, 6.45) is 22.6. The van der Waals surface area contributed by atoms with E-state index in [0.717, 1.165) is 187 Å². The smallest absolute Gasteiger partial charge is 0.207 e. The van der Waals surface area contributed by atoms with Gasteiger partial charge < -0.3 is 0 Å². The van der Waals surface area contributed by atoms with Crippen LogP contribution in [0.15, 0.2) is 292 Å². The number of halogens is 1. The van der Waals surface area contributed by atoms with Crippen molar-refractivity contribution in [1.82, 2.24) is 0 Å². The quantitative estimate of drug-likeness (QED) is 0.0906. The molecule has 4 fully saturated rings. The first-order chi connectivity index (χ1) is 65.4. The molecule has 20 rings (SSSR count). The molecule has 16 aromatic rings. The molecule has 0 spiro atoms. The Kier molecular flexibility index (Phi) is 20.2. The Morgan fingerprint density at radius 2 is 0.573 bits per heavy atom. The molecule has 0 aliphatic heterocycles. The molecule has 4 aliphatic rings. The number of benzene rings is 12. The molecule has 5 atom stereocenters. The third kappa shape index (κ3) is 18.2. The van der Waals surface area contributed by atoms with Crippen LogP contribution >= 0.6 is 0 Å². The highest BCUT2D eigenvalue weighted by Gasteiger charge is 2.37. The minimum Gasteiger partial charge on any atom is -0.207 e. The first-order valence-corrected chi connectivity index (χ1v) is 48.2. The number of aryl methyl sites for hydroxylation is 12. The summed E-state index contributed by atoms with van der Waals surface area (Å²) in [5.74, 6) is 1.66. The Morgan fingerprint density at radius 3 is 0.927 bits per heavy atom. The first-order valence-electron chi connectivity index (χ1n) is 51.7. The predicted octanol–water partition coefficient (Wildman–Crippen LogP) is 28.9. The van der Waals surface area contributed by atoms with Gasteiger partial charge in [0.1, 0.15) is 34.0 Å². The van der Waals surface area contributed by atoms with E-state index >= 15 is 0 Å². The summed E-state index contributed by atoms with van der Waals surface area (Å²) in [4.78, 5) is 0. The van der Waals surface area contributed by atoms with Crippen LogP contribution in [0.5, 0.6) is 0 Å². The van der Waals surface area contributed by atoms with Crippen molar-refractivity contribution < 1.29 is 41.8 Å². The number of fused-ring (bicyclic) bond motifs is 6. The number of rotatable bonds is 11. The molecule has 4 aromatic heterocycles. The number of nitrogens with zero attached hydrogens (tertiary/aromatic N) is 4. The molecule has 0 N–H and O–H groups in total. The van der Waals surface area contributed by atoms with Crippen LogP contribution in [0.3, 0.4) is 0 Å². The van der Waals surface area contributed by atoms with Crippen LogP contribution in [0.4, 0.5) is 4.39 Å². The number of pyridine rings is 4. The molecule has 4 nitrogen and oxygen atoms in total. The van der Waals surface area contributed by atoms with Crippen LogP contribution in [0.1, 0.15) is 170 Å². The molecule has 0 amide bonds. The molecule has 0 radical (unpaired) electrons. The van der Waals surface area contributed by atoms with Crippen molar-refractivity contribution in [2.75, 3.05) is 0 Å². The van der Waals surface area contributed by atoms with Gasteiger partial charge in [0, 0.05) is 88.0 Å². The van der Waals surface area contributed by atoms with Gasteiger partial charge in [-0.15, -0.1) is 0 Å². The van der Waals surface area contributed by atoms with Crippen molar-refractivity contribution in [3.05, 3.63) is 353 Å². The van der Waals surface area contributed by atoms with E-state index in [1.165, 1.54) is 80.5 Å². The fourth-order valence-corrected chi connectivity index (χ4v) is 21.5. The second kappa shape index (κ2) is 36.3. The van der Waals surface area contributed by atoms with Crippen LogP contribution in [0.25, 0.3) is 133 Å². The lowest BCUT2D eigenvalue weighted by molar-refractivity contribution is -0.660. The molecular weight excluding hydrogens is 1520 g/mol. The number of aromatic nitrogens is 4. The molecular formula is C118H125FN4Si+4. The highest BCUT2D eigenvalue weighted by molar-refractivity contribution is 6.88. The summed E-state index contributed by atoms with van der Waals surface area (Å²) in [7, 11) is 6.22. The fraction of sp³-hybridized carbons (Fsp3) is 0.288. The van der Waals surface area contributed by atoms with E-state index in [0.29, 0.717) is 45.6 Å². The van der Waals surface area contributed by atoms with E-state index in [9.17, 15) is 7.13 Å². The van der Waals surface area contributed by atoms with Crippen LogP contribution < -0.4 is 23.5 Å². The third-order valence-electron chi connectivity index (χ3n) is 27.5. The van der Waals surface area contributed by atoms with Gasteiger partial charge in [-0.25, -0.2) is 22.7 Å². The molecule has 12 aromatic carbocycles. The lowest BCUT2D eigenvalue weighted by atomic mass is 9.66. The van der Waals surface area contributed by atoms with Gasteiger partial charge in [-0.2, -0.15) is 0 Å². The second-order valence-electron chi connectivity index (χ2n) is 36.9. The maximum atomic E-state index is 13.5. The summed E-state index contributed by atoms with van der Waals surface area (Å²) >= 11 is 0. The Bertz CT molecular complexity index is 7320. The average molecular weight is 1660 g/mol. The minimum atomic E-state index is -2.25. The molecule has 624 valence electrons. The van der Waals surface area contributed by atoms with Gasteiger partial charge in [-0.3, -0.25) is 0 Å². The largest absolute Gasteiger partial charge is 0.213 e. The van der Waals surface area contributed by atoms with E-state index in [1.807, 2.05) is 169 Å². The van der Waals surface area contributed by atoms with E-state index in [4.69, 9.17) is 16.4 Å². The fourth-order valence-electron chi connectivity index (χ4n) is 20.3. The molecule has 6 heteroatoms. The maximum Gasteiger partial charge on any atom is 0.213 e. The standard InChI is InChI=1S/C34H38N.C33H36N.C27H30NSi.C24H21FN/c1-23-8-4-7-11-32(23)34-21-33(24(2)22-35(34)3)31-17-16-29-19-28(14-15-30(29)20-31)27-13-12-25-9-5-6-10-26(25)18-27;1-22-8-4-7-11-31(22)33-20-32(23(2)21-34(33)3)29-15-14-26-16-28(13-12-27(26)17-29)30-18-24-9-5-6-10-25(24)19-30;1-19-9-7-8-10-25(19)27-17-26(20(2)18-28(27)3)23-12-11-22-16-24(29(4,5)6)14-13-21(22)15-23;1-16-6-4-5-7-22(16)24-14-23(17(2)15-26(24)3)20-9-8-19-13-21(25)11-10-18(19)12-20/h4,7-8,11,14-17,19-22,25-27H,5-6,9-10,12-13,18H2,1-3H3;4,7-8,11-17,20-21,24-25,30H,5-6,9-10,18-19H2,1-3H3;7-18H,1-6H3;4-15H,1-3H3/q4*+1/i2D3,27D;2D3,30D;2*2D3. The van der Waals surface area contributed by atoms with Crippen molar-refractivity contribution in [1.29, 1.82) is 0 Å². The highest BCUT2D eigenvalue weighted by Crippen LogP contribution is 2.51. The zero-order chi connectivity index (χ0) is 98.0. The monoisotopic (exact) mass is 1660 g/mol. The average Bonchev–Trinajstić information content (AvgIpc) is 1.56. The summed E-state index contributed by atoms with van der Waals surface area (Å²) in [6, 6.07) is 89.4. The van der Waals surface area contributed by atoms with Gasteiger partial charge in [0.2, 0.25) is 22.8 Å². The maximum absolute atomic E-state index is 13.5. The SMILES string of the molecule is [2H]C([2H])([2H])c1c[n+](C)c(-c2ccccc2C)cc1-c1ccc2cc(C3([2H])CC4CCCCC4C3)ccc2c1.[2H]C([2H])([2H])c1c[n+](C)c(-c2ccccc2C)cc1-c1ccc2cc(C3([2H])CCC4CCCCC4C3)ccc2c1.[2H]C([2H])([2H])c1c[n+](C)c(-c2ccccc2C)cc1-c1ccc2cc(F)ccc2c1.[2H]C([2H])([2H])c1c[n+](C)c(-c2ccccc2C)cc1-c1ccc2cc([Si](C)(C)C)ccc2c1. The molecule has 0 saturated heterocycles. The van der Waals surface area contributed by atoms with Gasteiger partial charge >= 0.3 is 0 Å². The summed E-state index contributed by atoms with van der Waals surface area (Å²) in [5.41, 5.74) is 22.9. The molecule has 4 saturated carbocycles. The van der Waals surface area contributed by atoms with E-state index in [1.54, 1.807) is 30.9 Å². The van der Waals surface area contributed by atoms with E-state index < -0.39 is 47.3 Å². The highest BCUT2D eigenvalue weighted by atomic mass is 28.3. The summed E-state index contributed by atoms with van der Waals surface area (Å²) < 4.78 is 138. The third-order valence-corrected chi connectivity index (χ3v) is 29.5. The molecule has 5 unspecified atom stereocenters. The van der Waals surface area contributed by atoms with Crippen LogP contribution in [0.2, 0.25) is 19.6 Å². The Labute approximate surface area is 758 Å². The van der Waals surface area contributed by atoms with Crippen LogP contribution in [-0.4, -0.2) is 8.07 Å². The van der Waals surface area contributed by atoms with Gasteiger partial charge in [0.15, 0.2) is 24.8 Å². The van der Waals surface area contributed by atoms with Crippen molar-refractivity contribution in [2.24, 2.45) is 51.9 Å². The lowest BCUT2D eigenvalue weighted by Gasteiger charge is -2.39. The Balaban J connectivity index is 0.000000128. The molecule has 4 heterocycles. The zero-order valence-corrected chi connectivity index (χ0v) is 74.9. The molecule has 4 aliphatic carbocycles. The number of hydrogen-bond acceptors (Lipinski definition) is 0. The van der Waals surface area contributed by atoms with Crippen molar-refractivity contribution >= 4 is 56.4 Å². The predicted molar refractivity (Wildman–Crippen MR) is 524 cm³/mol.